The number of amides is 1. The average Bonchev–Trinajstić information content (AvgIpc) is 2.32. The van der Waals surface area contributed by atoms with Crippen molar-refractivity contribution in [2.24, 2.45) is 5.84 Å². The van der Waals surface area contributed by atoms with Crippen molar-refractivity contribution in [2.45, 2.75) is 24.9 Å². The lowest BCUT2D eigenvalue weighted by molar-refractivity contribution is -0.121. The zero-order valence-corrected chi connectivity index (χ0v) is 11.8. The third-order valence-electron chi connectivity index (χ3n) is 2.49. The van der Waals surface area contributed by atoms with Gasteiger partial charge in [0, 0.05) is 12.9 Å². The zero-order valence-electron chi connectivity index (χ0n) is 11.0. The number of aryl methyl sites for hydroxylation is 2. The Kier molecular flexibility index (Phi) is 6.18. The molecule has 0 aromatic heterocycles. The highest BCUT2D eigenvalue weighted by atomic mass is 32.2. The van der Waals surface area contributed by atoms with E-state index in [-0.39, 0.29) is 11.2 Å². The van der Waals surface area contributed by atoms with Gasteiger partial charge in [-0.05, 0) is 19.4 Å². The molecule has 0 heterocycles. The van der Waals surface area contributed by atoms with E-state index in [1.54, 1.807) is 7.11 Å². The minimum absolute atomic E-state index is 0.203. The lowest BCUT2D eigenvalue weighted by Gasteiger charge is -2.14. The normalized spacial score (nSPS) is 12.2. The molecule has 0 aliphatic heterocycles. The zero-order chi connectivity index (χ0) is 13.5. The largest absolute Gasteiger partial charge is 0.383 e. The second-order valence-corrected chi connectivity index (χ2v) is 5.45. The van der Waals surface area contributed by atoms with Crippen molar-refractivity contribution in [3.8, 4) is 0 Å². The predicted octanol–water partition coefficient (Wildman–Crippen LogP) is 1.54. The molecule has 100 valence electrons. The molecule has 1 atom stereocenters. The Hall–Kier alpha value is -1.04. The van der Waals surface area contributed by atoms with Gasteiger partial charge in [-0.15, -0.1) is 11.8 Å². The van der Waals surface area contributed by atoms with Crippen LogP contribution in [0.3, 0.4) is 0 Å². The summed E-state index contributed by atoms with van der Waals surface area (Å²) in [6.45, 7) is 4.50. The number of hydrogen-bond acceptors (Lipinski definition) is 4. The third kappa shape index (κ3) is 4.68. The first kappa shape index (κ1) is 15.0. The second-order valence-electron chi connectivity index (χ2n) is 4.26. The van der Waals surface area contributed by atoms with E-state index in [4.69, 9.17) is 10.6 Å². The molecule has 4 nitrogen and oxygen atoms in total. The number of hydrazine groups is 1. The number of rotatable bonds is 6. The van der Waals surface area contributed by atoms with Crippen molar-refractivity contribution < 1.29 is 9.53 Å². The van der Waals surface area contributed by atoms with E-state index in [9.17, 15) is 4.79 Å². The molecule has 0 saturated carbocycles. The molecule has 1 rings (SSSR count). The number of ether oxygens (including phenoxy) is 1. The van der Waals surface area contributed by atoms with Crippen LogP contribution in [0.15, 0.2) is 18.2 Å². The number of hydrogen-bond donors (Lipinski definition) is 2. The smallest absolute Gasteiger partial charge is 0.249 e. The number of nitrogens with one attached hydrogen (secondary N) is 1. The Morgan fingerprint density at radius 1 is 1.39 bits per heavy atom. The van der Waals surface area contributed by atoms with Crippen LogP contribution >= 0.6 is 11.8 Å². The summed E-state index contributed by atoms with van der Waals surface area (Å²) in [5.74, 6) is 5.72. The first-order valence-electron chi connectivity index (χ1n) is 5.75. The molecule has 0 spiro atoms. The first-order chi connectivity index (χ1) is 8.56. The summed E-state index contributed by atoms with van der Waals surface area (Å²) < 4.78 is 5.03. The van der Waals surface area contributed by atoms with E-state index in [0.717, 1.165) is 5.75 Å². The SMILES string of the molecule is COCC(SCc1cc(C)cc(C)c1)C(=O)NN. The molecule has 5 heteroatoms. The Labute approximate surface area is 112 Å². The van der Waals surface area contributed by atoms with E-state index in [0.29, 0.717) is 6.61 Å². The summed E-state index contributed by atoms with van der Waals surface area (Å²) >= 11 is 1.53. The fourth-order valence-electron chi connectivity index (χ4n) is 1.79. The van der Waals surface area contributed by atoms with Crippen LogP contribution < -0.4 is 11.3 Å². The standard InChI is InChI=1S/C13H20N2O2S/c1-9-4-10(2)6-11(5-9)8-18-12(7-17-3)13(16)15-14/h4-6,12H,7-8,14H2,1-3H3,(H,15,16). The maximum atomic E-state index is 11.5. The van der Waals surface area contributed by atoms with Crippen molar-refractivity contribution in [1.29, 1.82) is 0 Å². The number of methoxy groups -OCH3 is 1. The Morgan fingerprint density at radius 3 is 2.50 bits per heavy atom. The highest BCUT2D eigenvalue weighted by Crippen LogP contribution is 2.20. The van der Waals surface area contributed by atoms with E-state index in [1.807, 2.05) is 0 Å². The van der Waals surface area contributed by atoms with Gasteiger partial charge in [-0.3, -0.25) is 10.2 Å². The molecular formula is C13H20N2O2S. The summed E-state index contributed by atoms with van der Waals surface area (Å²) in [5.41, 5.74) is 5.85. The molecule has 0 bridgehead atoms. The molecule has 1 amide bonds. The van der Waals surface area contributed by atoms with E-state index >= 15 is 0 Å². The summed E-state index contributed by atoms with van der Waals surface area (Å²) in [6, 6.07) is 6.39. The van der Waals surface area contributed by atoms with Crippen LogP contribution in [0, 0.1) is 13.8 Å². The van der Waals surface area contributed by atoms with E-state index in [1.165, 1.54) is 28.5 Å². The Balaban J connectivity index is 2.63. The first-order valence-corrected chi connectivity index (χ1v) is 6.80. The highest BCUT2D eigenvalue weighted by molar-refractivity contribution is 7.99. The van der Waals surface area contributed by atoms with Gasteiger partial charge in [-0.25, -0.2) is 5.84 Å². The van der Waals surface area contributed by atoms with E-state index in [2.05, 4.69) is 37.5 Å². The fourth-order valence-corrected chi connectivity index (χ4v) is 2.80. The topological polar surface area (TPSA) is 64.3 Å². The quantitative estimate of drug-likeness (QED) is 0.467. The van der Waals surface area contributed by atoms with Crippen LogP contribution in [0.2, 0.25) is 0 Å². The molecule has 18 heavy (non-hydrogen) atoms. The van der Waals surface area contributed by atoms with Crippen LogP contribution in [0.5, 0.6) is 0 Å². The molecule has 3 N–H and O–H groups in total. The van der Waals surface area contributed by atoms with Crippen LogP contribution in [-0.2, 0) is 15.3 Å². The highest BCUT2D eigenvalue weighted by Gasteiger charge is 2.17. The van der Waals surface area contributed by atoms with Crippen molar-refractivity contribution in [3.63, 3.8) is 0 Å². The number of carbonyl (C=O) groups excluding carboxylic acids is 1. The van der Waals surface area contributed by atoms with Gasteiger partial charge in [0.1, 0.15) is 5.25 Å². The van der Waals surface area contributed by atoms with Gasteiger partial charge in [0.25, 0.3) is 0 Å². The minimum Gasteiger partial charge on any atom is -0.383 e. The van der Waals surface area contributed by atoms with Gasteiger partial charge in [-0.2, -0.15) is 0 Å². The summed E-state index contributed by atoms with van der Waals surface area (Å²) in [5, 5.41) is -0.277. The number of carbonyl (C=O) groups is 1. The second kappa shape index (κ2) is 7.41. The molecular weight excluding hydrogens is 248 g/mol. The molecule has 0 saturated heterocycles. The van der Waals surface area contributed by atoms with Crippen molar-refractivity contribution >= 4 is 17.7 Å². The monoisotopic (exact) mass is 268 g/mol. The maximum absolute atomic E-state index is 11.5. The van der Waals surface area contributed by atoms with Crippen molar-refractivity contribution in [3.05, 3.63) is 34.9 Å². The molecule has 1 aromatic carbocycles. The predicted molar refractivity (Wildman–Crippen MR) is 75.2 cm³/mol. The summed E-state index contributed by atoms with van der Waals surface area (Å²) in [7, 11) is 1.58. The summed E-state index contributed by atoms with van der Waals surface area (Å²) in [6.07, 6.45) is 0. The van der Waals surface area contributed by atoms with Gasteiger partial charge >= 0.3 is 0 Å². The maximum Gasteiger partial charge on any atom is 0.249 e. The Morgan fingerprint density at radius 2 is 2.00 bits per heavy atom. The van der Waals surface area contributed by atoms with Crippen LogP contribution in [0.1, 0.15) is 16.7 Å². The lowest BCUT2D eigenvalue weighted by Crippen LogP contribution is -2.39. The summed E-state index contributed by atoms with van der Waals surface area (Å²) in [4.78, 5) is 11.5. The number of nitrogens with two attached hydrogens (primary N) is 1. The molecule has 0 radical (unpaired) electrons. The van der Waals surface area contributed by atoms with Gasteiger partial charge in [0.15, 0.2) is 0 Å². The number of thioether (sulfide) groups is 1. The molecule has 1 unspecified atom stereocenters. The molecule has 1 aromatic rings. The lowest BCUT2D eigenvalue weighted by atomic mass is 10.1. The van der Waals surface area contributed by atoms with Gasteiger partial charge < -0.3 is 4.74 Å². The number of benzene rings is 1. The average molecular weight is 268 g/mol. The molecule has 0 fully saturated rings. The van der Waals surface area contributed by atoms with Gasteiger partial charge in [0.05, 0.1) is 6.61 Å². The van der Waals surface area contributed by atoms with Crippen molar-refractivity contribution in [2.75, 3.05) is 13.7 Å². The van der Waals surface area contributed by atoms with Gasteiger partial charge in [-0.1, -0.05) is 29.3 Å². The van der Waals surface area contributed by atoms with Crippen LogP contribution in [-0.4, -0.2) is 24.9 Å². The Bertz CT molecular complexity index is 390. The molecule has 0 aliphatic carbocycles. The van der Waals surface area contributed by atoms with Gasteiger partial charge in [0.2, 0.25) is 5.91 Å². The van der Waals surface area contributed by atoms with Crippen LogP contribution in [0.4, 0.5) is 0 Å². The third-order valence-corrected chi connectivity index (χ3v) is 3.74. The fraction of sp³-hybridized carbons (Fsp3) is 0.462. The molecule has 0 aliphatic rings. The van der Waals surface area contributed by atoms with E-state index < -0.39 is 0 Å². The van der Waals surface area contributed by atoms with Crippen molar-refractivity contribution in [1.82, 2.24) is 5.43 Å². The minimum atomic E-state index is -0.277. The van der Waals surface area contributed by atoms with Crippen LogP contribution in [0.25, 0.3) is 0 Å².